The number of benzene rings is 2. The number of ether oxygens (including phenoxy) is 1. The van der Waals surface area contributed by atoms with Gasteiger partial charge < -0.3 is 14.6 Å². The van der Waals surface area contributed by atoms with E-state index in [4.69, 9.17) is 4.74 Å². The smallest absolute Gasteiger partial charge is 0.224 e. The highest BCUT2D eigenvalue weighted by Crippen LogP contribution is 2.25. The van der Waals surface area contributed by atoms with Gasteiger partial charge in [-0.05, 0) is 43.5 Å². The van der Waals surface area contributed by atoms with E-state index in [-0.39, 0.29) is 5.91 Å². The summed E-state index contributed by atoms with van der Waals surface area (Å²) >= 11 is 0. The lowest BCUT2D eigenvalue weighted by atomic mass is 10.1. The summed E-state index contributed by atoms with van der Waals surface area (Å²) in [6.45, 7) is 1.47. The van der Waals surface area contributed by atoms with Crippen LogP contribution in [-0.4, -0.2) is 27.3 Å². The Kier molecular flexibility index (Phi) is 6.19. The predicted molar refractivity (Wildman–Crippen MR) is 113 cm³/mol. The highest BCUT2D eigenvalue weighted by Gasteiger charge is 2.16. The maximum Gasteiger partial charge on any atom is 0.224 e. The molecule has 2 aromatic carbocycles. The van der Waals surface area contributed by atoms with Gasteiger partial charge in [0.05, 0.1) is 6.61 Å². The van der Waals surface area contributed by atoms with E-state index in [1.807, 2.05) is 54.6 Å². The molecule has 0 saturated carbocycles. The molecule has 6 nitrogen and oxygen atoms in total. The van der Waals surface area contributed by atoms with Gasteiger partial charge in [-0.25, -0.2) is 0 Å². The van der Waals surface area contributed by atoms with Gasteiger partial charge >= 0.3 is 0 Å². The first-order valence-electron chi connectivity index (χ1n) is 10.3. The van der Waals surface area contributed by atoms with Crippen molar-refractivity contribution in [1.29, 1.82) is 0 Å². The highest BCUT2D eigenvalue weighted by molar-refractivity contribution is 5.91. The van der Waals surface area contributed by atoms with E-state index in [1.54, 1.807) is 0 Å². The van der Waals surface area contributed by atoms with Crippen LogP contribution in [0.1, 0.15) is 37.9 Å². The van der Waals surface area contributed by atoms with E-state index in [9.17, 15) is 4.79 Å². The molecule has 0 spiro atoms. The van der Waals surface area contributed by atoms with Crippen molar-refractivity contribution in [2.75, 3.05) is 11.9 Å². The number of hydrogen-bond donors (Lipinski definition) is 1. The maximum absolute atomic E-state index is 12.3. The Morgan fingerprint density at radius 3 is 2.83 bits per heavy atom. The molecule has 1 aliphatic heterocycles. The van der Waals surface area contributed by atoms with Gasteiger partial charge in [-0.3, -0.25) is 4.79 Å². The second-order valence-electron chi connectivity index (χ2n) is 7.30. The minimum absolute atomic E-state index is 0.0149. The molecule has 2 heterocycles. The zero-order valence-corrected chi connectivity index (χ0v) is 16.5. The average Bonchev–Trinajstić information content (AvgIpc) is 3.00. The molecule has 0 unspecified atom stereocenters. The van der Waals surface area contributed by atoms with E-state index < -0.39 is 0 Å². The van der Waals surface area contributed by atoms with Crippen molar-refractivity contribution in [3.63, 3.8) is 0 Å². The molecule has 0 atom stereocenters. The summed E-state index contributed by atoms with van der Waals surface area (Å²) in [7, 11) is 0. The van der Waals surface area contributed by atoms with Crippen molar-refractivity contribution in [1.82, 2.24) is 14.8 Å². The molecule has 6 heteroatoms. The summed E-state index contributed by atoms with van der Waals surface area (Å²) in [5.74, 6) is 2.76. The largest absolute Gasteiger partial charge is 0.494 e. The third kappa shape index (κ3) is 5.02. The summed E-state index contributed by atoms with van der Waals surface area (Å²) in [4.78, 5) is 12.3. The van der Waals surface area contributed by atoms with Crippen molar-refractivity contribution in [3.8, 4) is 17.1 Å². The van der Waals surface area contributed by atoms with Crippen molar-refractivity contribution in [2.24, 2.45) is 0 Å². The second-order valence-corrected chi connectivity index (χ2v) is 7.30. The fraction of sp³-hybridized carbons (Fsp3) is 0.348. The zero-order valence-electron chi connectivity index (χ0n) is 16.5. The predicted octanol–water partition coefficient (Wildman–Crippen LogP) is 4.47. The third-order valence-corrected chi connectivity index (χ3v) is 5.07. The van der Waals surface area contributed by atoms with E-state index in [1.165, 1.54) is 12.8 Å². The number of hydrogen-bond acceptors (Lipinski definition) is 4. The lowest BCUT2D eigenvalue weighted by Gasteiger charge is -2.10. The highest BCUT2D eigenvalue weighted by atomic mass is 16.5. The van der Waals surface area contributed by atoms with Gasteiger partial charge in [0.25, 0.3) is 0 Å². The number of aromatic nitrogens is 3. The first-order chi connectivity index (χ1) is 14.3. The Bertz CT molecular complexity index is 953. The molecule has 1 N–H and O–H groups in total. The van der Waals surface area contributed by atoms with Crippen LogP contribution in [0.2, 0.25) is 0 Å². The van der Waals surface area contributed by atoms with Crippen LogP contribution in [-0.2, 0) is 17.8 Å². The minimum Gasteiger partial charge on any atom is -0.494 e. The molecular weight excluding hydrogens is 364 g/mol. The number of carbonyl (C=O) groups is 1. The average molecular weight is 390 g/mol. The van der Waals surface area contributed by atoms with Crippen molar-refractivity contribution in [3.05, 3.63) is 60.4 Å². The van der Waals surface area contributed by atoms with E-state index in [0.29, 0.717) is 19.4 Å². The van der Waals surface area contributed by atoms with Gasteiger partial charge in [0.1, 0.15) is 11.6 Å². The van der Waals surface area contributed by atoms with Crippen LogP contribution < -0.4 is 10.1 Å². The van der Waals surface area contributed by atoms with Crippen LogP contribution in [0, 0.1) is 0 Å². The van der Waals surface area contributed by atoms with E-state index >= 15 is 0 Å². The first-order valence-corrected chi connectivity index (χ1v) is 10.3. The van der Waals surface area contributed by atoms with Crippen LogP contribution in [0.4, 0.5) is 5.69 Å². The molecule has 0 aliphatic carbocycles. The van der Waals surface area contributed by atoms with Crippen molar-refractivity contribution >= 4 is 11.6 Å². The standard InChI is InChI=1S/C23H26N4O2/c28-22(14-8-16-29-20-11-3-1-4-12-20)24-19-10-7-9-18(17-19)23-26-25-21-13-5-2-6-15-27(21)23/h1,3-4,7,9-12,17H,2,5-6,8,13-16H2,(H,24,28). The van der Waals surface area contributed by atoms with Gasteiger partial charge in [-0.15, -0.1) is 10.2 Å². The molecule has 1 aromatic heterocycles. The molecule has 0 saturated heterocycles. The minimum atomic E-state index is -0.0149. The first kappa shape index (κ1) is 19.2. The van der Waals surface area contributed by atoms with Gasteiger partial charge in [-0.1, -0.05) is 36.8 Å². The summed E-state index contributed by atoms with van der Waals surface area (Å²) < 4.78 is 7.86. The number of fused-ring (bicyclic) bond motifs is 1. The fourth-order valence-corrected chi connectivity index (χ4v) is 3.60. The molecule has 3 aromatic rings. The quantitative estimate of drug-likeness (QED) is 0.605. The third-order valence-electron chi connectivity index (χ3n) is 5.07. The molecule has 29 heavy (non-hydrogen) atoms. The molecule has 4 rings (SSSR count). The second kappa shape index (κ2) is 9.37. The molecule has 150 valence electrons. The molecule has 1 aliphatic rings. The summed E-state index contributed by atoms with van der Waals surface area (Å²) in [6, 6.07) is 17.5. The monoisotopic (exact) mass is 390 g/mol. The van der Waals surface area contributed by atoms with E-state index in [0.717, 1.165) is 48.0 Å². The van der Waals surface area contributed by atoms with Crippen LogP contribution >= 0.6 is 0 Å². The number of amides is 1. The Balaban J connectivity index is 1.33. The number of para-hydroxylation sites is 1. The van der Waals surface area contributed by atoms with Gasteiger partial charge in [0, 0.05) is 30.6 Å². The number of anilines is 1. The van der Waals surface area contributed by atoms with Crippen LogP contribution in [0.15, 0.2) is 54.6 Å². The van der Waals surface area contributed by atoms with Crippen LogP contribution in [0.25, 0.3) is 11.4 Å². The number of nitrogens with one attached hydrogen (secondary N) is 1. The van der Waals surface area contributed by atoms with Gasteiger partial charge in [-0.2, -0.15) is 0 Å². The van der Waals surface area contributed by atoms with Crippen molar-refractivity contribution < 1.29 is 9.53 Å². The van der Waals surface area contributed by atoms with Crippen molar-refractivity contribution in [2.45, 2.75) is 45.1 Å². The Labute approximate surface area is 170 Å². The molecule has 0 radical (unpaired) electrons. The van der Waals surface area contributed by atoms with Crippen LogP contribution in [0.5, 0.6) is 5.75 Å². The Morgan fingerprint density at radius 1 is 1.03 bits per heavy atom. The number of nitrogens with zero attached hydrogens (tertiary/aromatic N) is 3. The Morgan fingerprint density at radius 2 is 1.93 bits per heavy atom. The summed E-state index contributed by atoms with van der Waals surface area (Å²) in [5.41, 5.74) is 1.76. The maximum atomic E-state index is 12.3. The molecule has 1 amide bonds. The SMILES string of the molecule is O=C(CCCOc1ccccc1)Nc1cccc(-c2nnc3n2CCCCC3)c1. The van der Waals surface area contributed by atoms with Gasteiger partial charge in [0.15, 0.2) is 5.82 Å². The topological polar surface area (TPSA) is 69.0 Å². The molecule has 0 bridgehead atoms. The van der Waals surface area contributed by atoms with Gasteiger partial charge in [0.2, 0.25) is 5.91 Å². The lowest BCUT2D eigenvalue weighted by molar-refractivity contribution is -0.116. The number of carbonyl (C=O) groups excluding carboxylic acids is 1. The lowest BCUT2D eigenvalue weighted by Crippen LogP contribution is -2.13. The molecule has 0 fully saturated rings. The van der Waals surface area contributed by atoms with Crippen LogP contribution in [0.3, 0.4) is 0 Å². The summed E-state index contributed by atoms with van der Waals surface area (Å²) in [6.07, 6.45) is 5.61. The Hall–Kier alpha value is -3.15. The summed E-state index contributed by atoms with van der Waals surface area (Å²) in [5, 5.41) is 11.8. The molecular formula is C23H26N4O2. The number of aryl methyl sites for hydroxylation is 1. The zero-order chi connectivity index (χ0) is 19.9. The van der Waals surface area contributed by atoms with E-state index in [2.05, 4.69) is 20.1 Å². The fourth-order valence-electron chi connectivity index (χ4n) is 3.60. The number of rotatable bonds is 7. The normalized spacial score (nSPS) is 13.4.